The zero-order valence-corrected chi connectivity index (χ0v) is 13.1. The first-order valence-corrected chi connectivity index (χ1v) is 7.90. The van der Waals surface area contributed by atoms with Crippen LogP contribution in [0.1, 0.15) is 33.6 Å². The van der Waals surface area contributed by atoms with E-state index in [1.54, 1.807) is 0 Å². The molecule has 1 aliphatic rings. The van der Waals surface area contributed by atoms with Gasteiger partial charge in [0.05, 0.1) is 6.61 Å². The number of hydrogen-bond donors (Lipinski definition) is 2. The number of piperazine rings is 1. The van der Waals surface area contributed by atoms with Crippen LogP contribution in [0.25, 0.3) is 0 Å². The SMILES string of the molecule is CCCNCC(C)(CC)CN1CCN(CCO)CC1. The molecule has 1 rings (SSSR count). The smallest absolute Gasteiger partial charge is 0.0558 e. The van der Waals surface area contributed by atoms with Gasteiger partial charge in [0.2, 0.25) is 0 Å². The van der Waals surface area contributed by atoms with Gasteiger partial charge in [-0.05, 0) is 24.8 Å². The van der Waals surface area contributed by atoms with Crippen molar-refractivity contribution in [2.24, 2.45) is 5.41 Å². The minimum atomic E-state index is 0.285. The van der Waals surface area contributed by atoms with Crippen molar-refractivity contribution in [3.8, 4) is 0 Å². The topological polar surface area (TPSA) is 38.7 Å². The Morgan fingerprint density at radius 3 is 2.26 bits per heavy atom. The van der Waals surface area contributed by atoms with Crippen LogP contribution < -0.4 is 5.32 Å². The van der Waals surface area contributed by atoms with Crippen molar-refractivity contribution in [3.63, 3.8) is 0 Å². The van der Waals surface area contributed by atoms with Gasteiger partial charge in [0.15, 0.2) is 0 Å². The third-order valence-corrected chi connectivity index (χ3v) is 4.32. The van der Waals surface area contributed by atoms with Gasteiger partial charge in [-0.15, -0.1) is 0 Å². The molecule has 0 aliphatic carbocycles. The molecule has 4 nitrogen and oxygen atoms in total. The van der Waals surface area contributed by atoms with Gasteiger partial charge in [0.25, 0.3) is 0 Å². The number of rotatable bonds is 9. The molecule has 0 aromatic carbocycles. The van der Waals surface area contributed by atoms with E-state index >= 15 is 0 Å². The summed E-state index contributed by atoms with van der Waals surface area (Å²) in [5, 5.41) is 12.5. The molecule has 4 heteroatoms. The number of β-amino-alcohol motifs (C(OH)–C–C–N with tert-alkyl or cyclic N) is 1. The fraction of sp³-hybridized carbons (Fsp3) is 1.00. The summed E-state index contributed by atoms with van der Waals surface area (Å²) in [6, 6.07) is 0. The Hall–Kier alpha value is -0.160. The maximum Gasteiger partial charge on any atom is 0.0558 e. The highest BCUT2D eigenvalue weighted by molar-refractivity contribution is 4.82. The Balaban J connectivity index is 2.31. The van der Waals surface area contributed by atoms with E-state index in [2.05, 4.69) is 35.9 Å². The van der Waals surface area contributed by atoms with Gasteiger partial charge in [-0.3, -0.25) is 4.90 Å². The van der Waals surface area contributed by atoms with Crippen molar-refractivity contribution >= 4 is 0 Å². The average Bonchev–Trinajstić information content (AvgIpc) is 2.42. The second-order valence-corrected chi connectivity index (χ2v) is 6.18. The lowest BCUT2D eigenvalue weighted by molar-refractivity contribution is 0.0785. The normalized spacial score (nSPS) is 21.5. The predicted molar refractivity (Wildman–Crippen MR) is 81.5 cm³/mol. The summed E-state index contributed by atoms with van der Waals surface area (Å²) in [6.45, 7) is 16.0. The van der Waals surface area contributed by atoms with Gasteiger partial charge >= 0.3 is 0 Å². The van der Waals surface area contributed by atoms with Crippen LogP contribution in [0, 0.1) is 5.41 Å². The minimum absolute atomic E-state index is 0.285. The van der Waals surface area contributed by atoms with Crippen LogP contribution in [0.2, 0.25) is 0 Å². The lowest BCUT2D eigenvalue weighted by Gasteiger charge is -2.40. The Morgan fingerprint density at radius 2 is 1.74 bits per heavy atom. The predicted octanol–water partition coefficient (Wildman–Crippen LogP) is 1.01. The van der Waals surface area contributed by atoms with E-state index in [0.29, 0.717) is 5.41 Å². The van der Waals surface area contributed by atoms with E-state index in [1.165, 1.54) is 19.4 Å². The molecular formula is C15H33N3O. The summed E-state index contributed by atoms with van der Waals surface area (Å²) in [6.07, 6.45) is 2.43. The summed E-state index contributed by atoms with van der Waals surface area (Å²) in [4.78, 5) is 4.94. The Kier molecular flexibility index (Phi) is 7.91. The molecule has 1 saturated heterocycles. The molecule has 0 aromatic heterocycles. The molecule has 1 unspecified atom stereocenters. The molecular weight excluding hydrogens is 238 g/mol. The summed E-state index contributed by atoms with van der Waals surface area (Å²) in [5.41, 5.74) is 0.383. The molecule has 0 spiro atoms. The van der Waals surface area contributed by atoms with E-state index in [0.717, 1.165) is 45.8 Å². The molecule has 0 bridgehead atoms. The first-order chi connectivity index (χ1) is 9.13. The van der Waals surface area contributed by atoms with Crippen LogP contribution in [0.15, 0.2) is 0 Å². The minimum Gasteiger partial charge on any atom is -0.395 e. The second-order valence-electron chi connectivity index (χ2n) is 6.18. The first-order valence-electron chi connectivity index (χ1n) is 7.90. The maximum atomic E-state index is 8.97. The van der Waals surface area contributed by atoms with E-state index in [1.807, 2.05) is 0 Å². The molecule has 1 aliphatic heterocycles. The van der Waals surface area contributed by atoms with E-state index in [4.69, 9.17) is 5.11 Å². The monoisotopic (exact) mass is 271 g/mol. The summed E-state index contributed by atoms with van der Waals surface area (Å²) in [5.74, 6) is 0. The molecule has 1 heterocycles. The standard InChI is InChI=1S/C15H33N3O/c1-4-6-16-13-15(3,5-2)14-18-9-7-17(8-10-18)11-12-19/h16,19H,4-14H2,1-3H3. The molecule has 2 N–H and O–H groups in total. The van der Waals surface area contributed by atoms with Crippen LogP contribution in [-0.2, 0) is 0 Å². The van der Waals surface area contributed by atoms with Gasteiger partial charge in [0.1, 0.15) is 0 Å². The Labute approximate surface area is 119 Å². The summed E-state index contributed by atoms with van der Waals surface area (Å²) in [7, 11) is 0. The highest BCUT2D eigenvalue weighted by Crippen LogP contribution is 2.22. The zero-order valence-electron chi connectivity index (χ0n) is 13.1. The van der Waals surface area contributed by atoms with Crippen molar-refractivity contribution in [3.05, 3.63) is 0 Å². The maximum absolute atomic E-state index is 8.97. The number of nitrogens with zero attached hydrogens (tertiary/aromatic N) is 2. The molecule has 0 amide bonds. The van der Waals surface area contributed by atoms with Crippen molar-refractivity contribution in [2.75, 3.05) is 59.0 Å². The van der Waals surface area contributed by atoms with Crippen LogP contribution in [0.5, 0.6) is 0 Å². The van der Waals surface area contributed by atoms with Crippen molar-refractivity contribution < 1.29 is 5.11 Å². The van der Waals surface area contributed by atoms with Crippen molar-refractivity contribution in [1.82, 2.24) is 15.1 Å². The number of aliphatic hydroxyl groups is 1. The highest BCUT2D eigenvalue weighted by atomic mass is 16.3. The molecule has 0 aromatic rings. The van der Waals surface area contributed by atoms with Gasteiger partial charge < -0.3 is 15.3 Å². The molecule has 114 valence electrons. The van der Waals surface area contributed by atoms with Gasteiger partial charge in [-0.25, -0.2) is 0 Å². The van der Waals surface area contributed by atoms with Gasteiger partial charge in [0, 0.05) is 45.8 Å². The van der Waals surface area contributed by atoms with Crippen LogP contribution in [-0.4, -0.2) is 73.9 Å². The van der Waals surface area contributed by atoms with Crippen LogP contribution in [0.4, 0.5) is 0 Å². The molecule has 1 fully saturated rings. The number of nitrogens with one attached hydrogen (secondary N) is 1. The Morgan fingerprint density at radius 1 is 1.11 bits per heavy atom. The van der Waals surface area contributed by atoms with Crippen molar-refractivity contribution in [2.45, 2.75) is 33.6 Å². The zero-order chi connectivity index (χ0) is 14.1. The fourth-order valence-corrected chi connectivity index (χ4v) is 2.71. The lowest BCUT2D eigenvalue weighted by atomic mass is 9.86. The Bertz CT molecular complexity index is 229. The fourth-order valence-electron chi connectivity index (χ4n) is 2.71. The molecule has 0 saturated carbocycles. The first kappa shape index (κ1) is 16.9. The highest BCUT2D eigenvalue weighted by Gasteiger charge is 2.26. The van der Waals surface area contributed by atoms with E-state index in [-0.39, 0.29) is 6.61 Å². The van der Waals surface area contributed by atoms with Crippen molar-refractivity contribution in [1.29, 1.82) is 0 Å². The summed E-state index contributed by atoms with van der Waals surface area (Å²) >= 11 is 0. The van der Waals surface area contributed by atoms with E-state index in [9.17, 15) is 0 Å². The second kappa shape index (κ2) is 8.90. The van der Waals surface area contributed by atoms with Crippen LogP contribution >= 0.6 is 0 Å². The third-order valence-electron chi connectivity index (χ3n) is 4.32. The van der Waals surface area contributed by atoms with E-state index < -0.39 is 0 Å². The molecule has 19 heavy (non-hydrogen) atoms. The number of aliphatic hydroxyl groups excluding tert-OH is 1. The largest absolute Gasteiger partial charge is 0.395 e. The molecule has 0 radical (unpaired) electrons. The quantitative estimate of drug-likeness (QED) is 0.614. The average molecular weight is 271 g/mol. The third kappa shape index (κ3) is 6.21. The number of hydrogen-bond acceptors (Lipinski definition) is 4. The van der Waals surface area contributed by atoms with Gasteiger partial charge in [-0.2, -0.15) is 0 Å². The van der Waals surface area contributed by atoms with Crippen LogP contribution in [0.3, 0.4) is 0 Å². The molecule has 1 atom stereocenters. The summed E-state index contributed by atoms with van der Waals surface area (Å²) < 4.78 is 0. The van der Waals surface area contributed by atoms with Gasteiger partial charge in [-0.1, -0.05) is 20.8 Å². The lowest BCUT2D eigenvalue weighted by Crippen LogP contribution is -2.51.